The number of rotatable bonds is 2. The smallest absolute Gasteiger partial charge is 0.254 e. The highest BCUT2D eigenvalue weighted by molar-refractivity contribution is 5.95. The van der Waals surface area contributed by atoms with E-state index in [-0.39, 0.29) is 5.91 Å². The molecule has 1 amide bonds. The molecule has 0 radical (unpaired) electrons. The fourth-order valence-electron chi connectivity index (χ4n) is 2.99. The van der Waals surface area contributed by atoms with Crippen LogP contribution < -0.4 is 14.4 Å². The Bertz CT molecular complexity index is 752. The van der Waals surface area contributed by atoms with Gasteiger partial charge in [0.2, 0.25) is 0 Å². The summed E-state index contributed by atoms with van der Waals surface area (Å²) in [4.78, 5) is 16.6. The van der Waals surface area contributed by atoms with Crippen LogP contribution in [0.4, 0.5) is 5.82 Å². The molecular weight excluding hydrogens is 312 g/mol. The van der Waals surface area contributed by atoms with Crippen molar-refractivity contribution in [2.45, 2.75) is 6.92 Å². The average molecular weight is 330 g/mol. The van der Waals surface area contributed by atoms with Gasteiger partial charge in [0.05, 0.1) is 0 Å². The Balaban J connectivity index is 1.44. The predicted molar refractivity (Wildman–Crippen MR) is 84.6 cm³/mol. The van der Waals surface area contributed by atoms with Gasteiger partial charge in [-0.2, -0.15) is 0 Å². The maximum absolute atomic E-state index is 12.7. The molecule has 0 bridgehead atoms. The molecule has 4 rings (SSSR count). The lowest BCUT2D eigenvalue weighted by Gasteiger charge is -2.34. The van der Waals surface area contributed by atoms with Crippen molar-refractivity contribution >= 4 is 11.7 Å². The molecule has 2 aliphatic rings. The lowest BCUT2D eigenvalue weighted by molar-refractivity contribution is 0.0745. The summed E-state index contributed by atoms with van der Waals surface area (Å²) in [6.45, 7) is 5.56. The summed E-state index contributed by atoms with van der Waals surface area (Å²) in [5.41, 5.74) is 1.38. The molecule has 126 valence electrons. The highest BCUT2D eigenvalue weighted by Gasteiger charge is 2.26. The molecule has 2 aromatic rings. The zero-order valence-electron chi connectivity index (χ0n) is 13.4. The summed E-state index contributed by atoms with van der Waals surface area (Å²) in [6.07, 6.45) is 0. The summed E-state index contributed by atoms with van der Waals surface area (Å²) >= 11 is 0. The molecule has 8 heteroatoms. The summed E-state index contributed by atoms with van der Waals surface area (Å²) in [6, 6.07) is 5.34. The fourth-order valence-corrected chi connectivity index (χ4v) is 2.99. The average Bonchev–Trinajstić information content (AvgIpc) is 3.07. The molecule has 2 aliphatic heterocycles. The Morgan fingerprint density at radius 3 is 2.50 bits per heavy atom. The number of hydrogen-bond acceptors (Lipinski definition) is 7. The highest BCUT2D eigenvalue weighted by atomic mass is 16.6. The van der Waals surface area contributed by atoms with E-state index in [0.29, 0.717) is 56.5 Å². The van der Waals surface area contributed by atoms with Gasteiger partial charge in [-0.1, -0.05) is 5.16 Å². The molecule has 1 saturated heterocycles. The quantitative estimate of drug-likeness (QED) is 0.816. The number of nitrogens with zero attached hydrogens (tertiary/aromatic N) is 4. The standard InChI is InChI=1S/C16H18N4O4/c1-11-15(18-24-17-11)19-4-6-20(7-5-19)16(21)12-2-3-13-14(10-12)23-9-8-22-13/h2-3,10H,4-9H2,1H3. The first-order valence-corrected chi connectivity index (χ1v) is 7.95. The monoisotopic (exact) mass is 330 g/mol. The second-order valence-corrected chi connectivity index (χ2v) is 5.81. The molecule has 1 fully saturated rings. The molecule has 1 aromatic carbocycles. The van der Waals surface area contributed by atoms with Crippen molar-refractivity contribution in [2.24, 2.45) is 0 Å². The molecule has 8 nitrogen and oxygen atoms in total. The van der Waals surface area contributed by atoms with Crippen molar-refractivity contribution < 1.29 is 18.9 Å². The van der Waals surface area contributed by atoms with Crippen LogP contribution in [0.25, 0.3) is 0 Å². The third kappa shape index (κ3) is 2.64. The number of anilines is 1. The van der Waals surface area contributed by atoms with E-state index in [4.69, 9.17) is 14.1 Å². The minimum Gasteiger partial charge on any atom is -0.486 e. The number of piperazine rings is 1. The zero-order chi connectivity index (χ0) is 16.5. The van der Waals surface area contributed by atoms with Gasteiger partial charge < -0.3 is 19.3 Å². The van der Waals surface area contributed by atoms with Crippen LogP contribution in [0.2, 0.25) is 0 Å². The lowest BCUT2D eigenvalue weighted by Crippen LogP contribution is -2.49. The molecule has 0 saturated carbocycles. The number of aromatic nitrogens is 2. The second-order valence-electron chi connectivity index (χ2n) is 5.81. The summed E-state index contributed by atoms with van der Waals surface area (Å²) in [7, 11) is 0. The first kappa shape index (κ1) is 14.8. The van der Waals surface area contributed by atoms with E-state index >= 15 is 0 Å². The number of ether oxygens (including phenoxy) is 2. The third-order valence-electron chi connectivity index (χ3n) is 4.28. The van der Waals surface area contributed by atoms with Gasteiger partial charge in [-0.3, -0.25) is 4.79 Å². The Morgan fingerprint density at radius 2 is 1.79 bits per heavy atom. The Morgan fingerprint density at radius 1 is 1.04 bits per heavy atom. The van der Waals surface area contributed by atoms with E-state index < -0.39 is 0 Å². The largest absolute Gasteiger partial charge is 0.486 e. The van der Waals surface area contributed by atoms with Crippen molar-refractivity contribution in [1.82, 2.24) is 15.2 Å². The van der Waals surface area contributed by atoms with Crippen LogP contribution in [0.15, 0.2) is 22.8 Å². The van der Waals surface area contributed by atoms with Gasteiger partial charge in [0.1, 0.15) is 18.9 Å². The van der Waals surface area contributed by atoms with Gasteiger partial charge in [-0.05, 0) is 30.3 Å². The number of carbonyl (C=O) groups is 1. The maximum Gasteiger partial charge on any atom is 0.254 e. The van der Waals surface area contributed by atoms with Crippen LogP contribution in [0.1, 0.15) is 16.1 Å². The van der Waals surface area contributed by atoms with Crippen LogP contribution in [0.5, 0.6) is 11.5 Å². The number of fused-ring (bicyclic) bond motifs is 1. The molecule has 0 N–H and O–H groups in total. The van der Waals surface area contributed by atoms with Gasteiger partial charge in [0.25, 0.3) is 5.91 Å². The molecule has 0 spiro atoms. The van der Waals surface area contributed by atoms with Crippen LogP contribution in [-0.2, 0) is 0 Å². The zero-order valence-corrected chi connectivity index (χ0v) is 13.4. The van der Waals surface area contributed by atoms with Gasteiger partial charge in [0.15, 0.2) is 17.3 Å². The molecule has 0 aliphatic carbocycles. The van der Waals surface area contributed by atoms with Crippen molar-refractivity contribution in [2.75, 3.05) is 44.3 Å². The number of hydrogen-bond donors (Lipinski definition) is 0. The molecule has 0 unspecified atom stereocenters. The van der Waals surface area contributed by atoms with E-state index in [1.807, 2.05) is 11.8 Å². The van der Waals surface area contributed by atoms with Gasteiger partial charge >= 0.3 is 0 Å². The minimum absolute atomic E-state index is 0.00150. The van der Waals surface area contributed by atoms with E-state index in [9.17, 15) is 4.79 Å². The normalized spacial score (nSPS) is 17.0. The maximum atomic E-state index is 12.7. The highest BCUT2D eigenvalue weighted by Crippen LogP contribution is 2.31. The van der Waals surface area contributed by atoms with E-state index in [2.05, 4.69) is 15.2 Å². The van der Waals surface area contributed by atoms with Gasteiger partial charge in [0, 0.05) is 31.7 Å². The van der Waals surface area contributed by atoms with Gasteiger partial charge in [-0.25, -0.2) is 4.63 Å². The predicted octanol–water partition coefficient (Wildman–Crippen LogP) is 1.11. The Kier molecular flexibility index (Phi) is 3.72. The van der Waals surface area contributed by atoms with Crippen molar-refractivity contribution in [3.05, 3.63) is 29.5 Å². The van der Waals surface area contributed by atoms with E-state index in [1.54, 1.807) is 18.2 Å². The number of amides is 1. The third-order valence-corrected chi connectivity index (χ3v) is 4.28. The number of carbonyl (C=O) groups excluding carboxylic acids is 1. The topological polar surface area (TPSA) is 80.9 Å². The second kappa shape index (κ2) is 6.03. The van der Waals surface area contributed by atoms with Crippen LogP contribution in [0.3, 0.4) is 0 Å². The van der Waals surface area contributed by atoms with Crippen LogP contribution in [-0.4, -0.2) is 60.5 Å². The number of aryl methyl sites for hydroxylation is 1. The summed E-state index contributed by atoms with van der Waals surface area (Å²) < 4.78 is 15.8. The fraction of sp³-hybridized carbons (Fsp3) is 0.438. The molecule has 3 heterocycles. The van der Waals surface area contributed by atoms with E-state index in [0.717, 1.165) is 11.5 Å². The van der Waals surface area contributed by atoms with Gasteiger partial charge in [-0.15, -0.1) is 0 Å². The van der Waals surface area contributed by atoms with E-state index in [1.165, 1.54) is 0 Å². The lowest BCUT2D eigenvalue weighted by atomic mass is 10.1. The Hall–Kier alpha value is -2.77. The SMILES string of the molecule is Cc1nonc1N1CCN(C(=O)c2ccc3c(c2)OCCO3)CC1. The molecule has 24 heavy (non-hydrogen) atoms. The Labute approximate surface area is 138 Å². The van der Waals surface area contributed by atoms with Crippen LogP contribution in [0, 0.1) is 6.92 Å². The van der Waals surface area contributed by atoms with Crippen molar-refractivity contribution in [1.29, 1.82) is 0 Å². The molecule has 0 atom stereocenters. The van der Waals surface area contributed by atoms with Crippen molar-refractivity contribution in [3.63, 3.8) is 0 Å². The molecule has 1 aromatic heterocycles. The summed E-state index contributed by atoms with van der Waals surface area (Å²) in [5, 5.41) is 7.72. The minimum atomic E-state index is 0.00150. The summed E-state index contributed by atoms with van der Waals surface area (Å²) in [5.74, 6) is 2.08. The van der Waals surface area contributed by atoms with Crippen LogP contribution >= 0.6 is 0 Å². The van der Waals surface area contributed by atoms with Crippen molar-refractivity contribution in [3.8, 4) is 11.5 Å². The molecular formula is C16H18N4O4. The first-order valence-electron chi connectivity index (χ1n) is 7.95. The first-order chi connectivity index (χ1) is 11.7. The number of benzene rings is 1.